The third-order valence-corrected chi connectivity index (χ3v) is 4.32. The molecule has 0 aromatic heterocycles. The van der Waals surface area contributed by atoms with Crippen LogP contribution in [-0.2, 0) is 14.9 Å². The molecule has 0 unspecified atom stereocenters. The van der Waals surface area contributed by atoms with Crippen LogP contribution in [0.3, 0.4) is 0 Å². The van der Waals surface area contributed by atoms with Gasteiger partial charge in [0.25, 0.3) is 0 Å². The van der Waals surface area contributed by atoms with Gasteiger partial charge in [-0.05, 0) is 30.3 Å². The average Bonchev–Trinajstić information content (AvgIpc) is 2.46. The van der Waals surface area contributed by atoms with Crippen molar-refractivity contribution in [1.82, 2.24) is 0 Å². The third-order valence-electron chi connectivity index (χ3n) is 2.57. The van der Waals surface area contributed by atoms with Crippen LogP contribution in [0.4, 0.5) is 0 Å². The summed E-state index contributed by atoms with van der Waals surface area (Å²) in [5.41, 5.74) is 0.185. The van der Waals surface area contributed by atoms with E-state index in [1.807, 2.05) is 0 Å². The highest BCUT2D eigenvalue weighted by Crippen LogP contribution is 2.25. The van der Waals surface area contributed by atoms with Gasteiger partial charge in [0.2, 0.25) is 0 Å². The van der Waals surface area contributed by atoms with Crippen LogP contribution in [0, 0.1) is 0 Å². The summed E-state index contributed by atoms with van der Waals surface area (Å²) in [6.07, 6.45) is 0. The smallest absolute Gasteiger partial charge is 0.340 e. The summed E-state index contributed by atoms with van der Waals surface area (Å²) in [6.45, 7) is 0. The average molecular weight is 327 g/mol. The number of carbonyl (C=O) groups excluding carboxylic acids is 1. The molecule has 0 fully saturated rings. The zero-order valence-electron chi connectivity index (χ0n) is 10.9. The molecule has 0 radical (unpaired) electrons. The number of methoxy groups -OCH3 is 1. The molecule has 0 aliphatic heterocycles. The van der Waals surface area contributed by atoms with Crippen LogP contribution in [-0.4, -0.2) is 21.5 Å². The van der Waals surface area contributed by atoms with Gasteiger partial charge in [-0.2, -0.15) is 8.42 Å². The molecule has 0 atom stereocenters. The van der Waals surface area contributed by atoms with Gasteiger partial charge in [-0.3, -0.25) is 0 Å². The van der Waals surface area contributed by atoms with Crippen LogP contribution in [0.5, 0.6) is 5.75 Å². The Morgan fingerprint density at radius 2 is 1.81 bits per heavy atom. The molecule has 2 rings (SSSR count). The lowest BCUT2D eigenvalue weighted by Gasteiger charge is -2.09. The van der Waals surface area contributed by atoms with Crippen molar-refractivity contribution < 1.29 is 22.1 Å². The molecule has 2 aromatic carbocycles. The molecule has 0 amide bonds. The number of rotatable bonds is 4. The van der Waals surface area contributed by atoms with Gasteiger partial charge in [0, 0.05) is 0 Å². The summed E-state index contributed by atoms with van der Waals surface area (Å²) < 4.78 is 33.8. The third kappa shape index (κ3) is 3.53. The van der Waals surface area contributed by atoms with Crippen molar-refractivity contribution in [2.45, 2.75) is 4.90 Å². The summed E-state index contributed by atoms with van der Waals surface area (Å²) in [5.74, 6) is -0.589. The van der Waals surface area contributed by atoms with E-state index in [4.69, 9.17) is 15.8 Å². The quantitative estimate of drug-likeness (QED) is 0.638. The Kier molecular flexibility index (Phi) is 4.50. The van der Waals surface area contributed by atoms with Gasteiger partial charge in [-0.1, -0.05) is 29.8 Å². The van der Waals surface area contributed by atoms with Gasteiger partial charge in [-0.25, -0.2) is 4.79 Å². The summed E-state index contributed by atoms with van der Waals surface area (Å²) in [4.78, 5) is 11.3. The fraction of sp³-hybridized carbons (Fsp3) is 0.0714. The normalized spacial score (nSPS) is 11.0. The Balaban J connectivity index is 2.34. The molecule has 0 saturated carbocycles. The van der Waals surface area contributed by atoms with E-state index < -0.39 is 16.1 Å². The predicted molar refractivity (Wildman–Crippen MR) is 77.0 cm³/mol. The summed E-state index contributed by atoms with van der Waals surface area (Å²) in [7, 11) is -2.84. The van der Waals surface area contributed by atoms with E-state index in [1.54, 1.807) is 6.07 Å². The van der Waals surface area contributed by atoms with Crippen LogP contribution in [0.2, 0.25) is 5.02 Å². The predicted octanol–water partition coefficient (Wildman–Crippen LogP) is 2.89. The lowest BCUT2D eigenvalue weighted by atomic mass is 10.2. The zero-order valence-corrected chi connectivity index (χ0v) is 12.5. The number of carbonyl (C=O) groups is 1. The number of benzene rings is 2. The van der Waals surface area contributed by atoms with Crippen molar-refractivity contribution in [1.29, 1.82) is 0 Å². The molecule has 0 aliphatic carbocycles. The van der Waals surface area contributed by atoms with Crippen molar-refractivity contribution in [2.24, 2.45) is 0 Å². The second-order valence-electron chi connectivity index (χ2n) is 3.99. The van der Waals surface area contributed by atoms with Crippen molar-refractivity contribution in [3.63, 3.8) is 0 Å². The first kappa shape index (κ1) is 15.3. The fourth-order valence-corrected chi connectivity index (χ4v) is 3.03. The number of halogens is 1. The standard InChI is InChI=1S/C14H11ClO5S/c1-19-14(16)10-5-4-6-11(9-10)20-21(17,18)13-8-3-2-7-12(13)15/h2-9H,1H3. The van der Waals surface area contributed by atoms with Gasteiger partial charge in [0.05, 0.1) is 17.7 Å². The van der Waals surface area contributed by atoms with Gasteiger partial charge in [0.1, 0.15) is 10.6 Å². The van der Waals surface area contributed by atoms with E-state index in [2.05, 4.69) is 4.74 Å². The van der Waals surface area contributed by atoms with Crippen LogP contribution < -0.4 is 4.18 Å². The molecule has 7 heteroatoms. The molecule has 5 nitrogen and oxygen atoms in total. The molecular formula is C14H11ClO5S. The molecule has 21 heavy (non-hydrogen) atoms. The Hall–Kier alpha value is -2.05. The lowest BCUT2D eigenvalue weighted by Crippen LogP contribution is -2.11. The van der Waals surface area contributed by atoms with E-state index >= 15 is 0 Å². The number of ether oxygens (including phenoxy) is 1. The van der Waals surface area contributed by atoms with E-state index in [0.29, 0.717) is 0 Å². The molecular weight excluding hydrogens is 316 g/mol. The number of esters is 1. The summed E-state index contributed by atoms with van der Waals surface area (Å²) in [6, 6.07) is 11.6. The highest BCUT2D eigenvalue weighted by Gasteiger charge is 2.20. The number of hydrogen-bond acceptors (Lipinski definition) is 5. The van der Waals surface area contributed by atoms with Crippen LogP contribution in [0.1, 0.15) is 10.4 Å². The van der Waals surface area contributed by atoms with Crippen molar-refractivity contribution in [2.75, 3.05) is 7.11 Å². The molecule has 110 valence electrons. The van der Waals surface area contributed by atoms with Gasteiger partial charge >= 0.3 is 16.1 Å². The van der Waals surface area contributed by atoms with Crippen molar-refractivity contribution in [3.8, 4) is 5.75 Å². The van der Waals surface area contributed by atoms with Crippen LogP contribution in [0.15, 0.2) is 53.4 Å². The first-order valence-electron chi connectivity index (χ1n) is 5.81. The molecule has 0 spiro atoms. The molecule has 0 saturated heterocycles. The van der Waals surface area contributed by atoms with E-state index in [-0.39, 0.29) is 21.2 Å². The maximum atomic E-state index is 12.2. The zero-order chi connectivity index (χ0) is 15.5. The summed E-state index contributed by atoms with van der Waals surface area (Å²) in [5, 5.41) is 0.0571. The largest absolute Gasteiger partial charge is 0.465 e. The SMILES string of the molecule is COC(=O)c1cccc(OS(=O)(=O)c2ccccc2Cl)c1. The lowest BCUT2D eigenvalue weighted by molar-refractivity contribution is 0.0600. The highest BCUT2D eigenvalue weighted by atomic mass is 35.5. The minimum Gasteiger partial charge on any atom is -0.465 e. The Labute approximate surface area is 127 Å². The van der Waals surface area contributed by atoms with E-state index in [1.165, 1.54) is 49.6 Å². The molecule has 0 heterocycles. The minimum atomic E-state index is -4.08. The molecule has 0 aliphatic rings. The Bertz CT molecular complexity index is 770. The van der Waals surface area contributed by atoms with E-state index in [9.17, 15) is 13.2 Å². The minimum absolute atomic E-state index is 0.00202. The van der Waals surface area contributed by atoms with Gasteiger partial charge in [0.15, 0.2) is 0 Å². The van der Waals surface area contributed by atoms with Crippen LogP contribution in [0.25, 0.3) is 0 Å². The van der Waals surface area contributed by atoms with Gasteiger partial charge in [-0.15, -0.1) is 0 Å². The highest BCUT2D eigenvalue weighted by molar-refractivity contribution is 7.87. The Morgan fingerprint density at radius 1 is 1.10 bits per heavy atom. The van der Waals surface area contributed by atoms with E-state index in [0.717, 1.165) is 0 Å². The first-order chi connectivity index (χ1) is 9.94. The molecule has 2 aromatic rings. The van der Waals surface area contributed by atoms with Crippen molar-refractivity contribution >= 4 is 27.7 Å². The second-order valence-corrected chi connectivity index (χ2v) is 5.91. The second kappa shape index (κ2) is 6.15. The Morgan fingerprint density at radius 3 is 2.48 bits per heavy atom. The fourth-order valence-electron chi connectivity index (χ4n) is 1.61. The molecule has 0 bridgehead atoms. The van der Waals surface area contributed by atoms with Gasteiger partial charge < -0.3 is 8.92 Å². The topological polar surface area (TPSA) is 69.7 Å². The maximum Gasteiger partial charge on any atom is 0.340 e. The number of hydrogen-bond donors (Lipinski definition) is 0. The monoisotopic (exact) mass is 326 g/mol. The summed E-state index contributed by atoms with van der Waals surface area (Å²) >= 11 is 5.85. The van der Waals surface area contributed by atoms with Crippen LogP contribution >= 0.6 is 11.6 Å². The molecule has 0 N–H and O–H groups in total. The first-order valence-corrected chi connectivity index (χ1v) is 7.60. The van der Waals surface area contributed by atoms with Crippen molar-refractivity contribution in [3.05, 3.63) is 59.1 Å². The maximum absolute atomic E-state index is 12.2.